The molecule has 2 amide bonds. The number of nitrogens with zero attached hydrogens (tertiary/aromatic N) is 1. The molecule has 214 valence electrons. The zero-order valence-corrected chi connectivity index (χ0v) is 22.0. The van der Waals surface area contributed by atoms with E-state index in [4.69, 9.17) is 5.73 Å². The molecule has 0 radical (unpaired) electrons. The molecular weight excluding hydrogens is 527 g/mol. The molecule has 6 atom stereocenters. The number of amides is 2. The Labute approximate surface area is 228 Å². The fraction of sp³-hybridized carbons (Fsp3) is 0.556. The Hall–Kier alpha value is -3.55. The first-order valence-corrected chi connectivity index (χ1v) is 13.2. The first-order chi connectivity index (χ1) is 18.8. The summed E-state index contributed by atoms with van der Waals surface area (Å²) < 4.78 is 15.3. The number of aliphatic hydroxyl groups is 1. The Morgan fingerprint density at radius 1 is 1.18 bits per heavy atom. The molecule has 4 aliphatic rings. The van der Waals surface area contributed by atoms with E-state index >= 15 is 4.39 Å². The molecule has 1 aromatic carbocycles. The van der Waals surface area contributed by atoms with Gasteiger partial charge >= 0.3 is 0 Å². The highest BCUT2D eigenvalue weighted by molar-refractivity contribution is 6.32. The molecule has 0 bridgehead atoms. The molecule has 12 nitrogen and oxygen atoms in total. The minimum absolute atomic E-state index is 0.0940. The number of hydrogen-bond acceptors (Lipinski definition) is 10. The maximum atomic E-state index is 15.3. The van der Waals surface area contributed by atoms with Gasteiger partial charge in [0, 0.05) is 23.6 Å². The summed E-state index contributed by atoms with van der Waals surface area (Å²) in [5, 5.41) is 27.9. The van der Waals surface area contributed by atoms with Crippen molar-refractivity contribution in [3.63, 3.8) is 0 Å². The lowest BCUT2D eigenvalue weighted by molar-refractivity contribution is -0.181. The first-order valence-electron chi connectivity index (χ1n) is 13.2. The number of ketones is 4. The van der Waals surface area contributed by atoms with Crippen LogP contribution in [0.15, 0.2) is 6.07 Å². The molecule has 3 saturated carbocycles. The number of anilines is 1. The number of carbonyl (C=O) groups excluding carboxylic acids is 6. The average Bonchev–Trinajstić information content (AvgIpc) is 2.83. The fourth-order valence-electron chi connectivity index (χ4n) is 6.77. The molecule has 2 unspecified atom stereocenters. The van der Waals surface area contributed by atoms with Crippen LogP contribution in [0.25, 0.3) is 0 Å². The van der Waals surface area contributed by atoms with Crippen molar-refractivity contribution in [1.29, 1.82) is 0 Å². The minimum atomic E-state index is -2.87. The number of nitrogens with two attached hydrogens (primary N) is 1. The summed E-state index contributed by atoms with van der Waals surface area (Å²) in [6.07, 6.45) is 2.51. The van der Waals surface area contributed by atoms with Crippen LogP contribution < -0.4 is 16.4 Å². The molecule has 3 fully saturated rings. The number of phenolic OH excluding ortho intramolecular Hbond substituents is 1. The van der Waals surface area contributed by atoms with E-state index in [0.717, 1.165) is 25.3 Å². The van der Waals surface area contributed by atoms with Crippen molar-refractivity contribution in [2.24, 2.45) is 29.4 Å². The number of benzene rings is 1. The van der Waals surface area contributed by atoms with E-state index in [0.29, 0.717) is 0 Å². The lowest BCUT2D eigenvalue weighted by atomic mass is 9.52. The van der Waals surface area contributed by atoms with E-state index in [1.807, 2.05) is 0 Å². The largest absolute Gasteiger partial charge is 0.505 e. The van der Waals surface area contributed by atoms with Crippen LogP contribution in [0.3, 0.4) is 0 Å². The van der Waals surface area contributed by atoms with Gasteiger partial charge in [-0.3, -0.25) is 33.7 Å². The average molecular weight is 559 g/mol. The topological polar surface area (TPSA) is 196 Å². The number of aromatic hydroxyl groups is 1. The summed E-state index contributed by atoms with van der Waals surface area (Å²) in [4.78, 5) is 79.7. The number of hydrogen-bond donors (Lipinski definition) is 5. The SMILES string of the molecule is CN(C)[C@@H]1C(=O)C(C(N)=O)C(=O)[C@@]2(O)C(=O)C3C(=O)c4c(O)c(NC(=O)CNC5CCC5)cc(F)c4C[C@H]3C[C@@H]12. The van der Waals surface area contributed by atoms with Crippen LogP contribution in [-0.2, 0) is 30.4 Å². The summed E-state index contributed by atoms with van der Waals surface area (Å²) in [5.74, 6) is -13.9. The highest BCUT2D eigenvalue weighted by atomic mass is 19.1. The van der Waals surface area contributed by atoms with E-state index in [1.165, 1.54) is 19.0 Å². The van der Waals surface area contributed by atoms with Gasteiger partial charge in [0.2, 0.25) is 11.8 Å². The number of fused-ring (bicyclic) bond motifs is 3. The number of carbonyl (C=O) groups is 6. The Bertz CT molecular complexity index is 1360. The van der Waals surface area contributed by atoms with Crippen molar-refractivity contribution < 1.29 is 43.4 Å². The number of Topliss-reactive ketones (excluding diaryl/α,β-unsaturated/α-hetero) is 4. The van der Waals surface area contributed by atoms with Gasteiger partial charge in [-0.15, -0.1) is 0 Å². The van der Waals surface area contributed by atoms with Crippen LogP contribution in [-0.4, -0.2) is 88.4 Å². The number of nitrogens with one attached hydrogen (secondary N) is 2. The number of halogens is 1. The molecule has 13 heteroatoms. The first kappa shape index (κ1) is 28.0. The Balaban J connectivity index is 1.51. The molecule has 0 spiro atoms. The maximum absolute atomic E-state index is 15.3. The predicted octanol–water partition coefficient (Wildman–Crippen LogP) is -0.913. The van der Waals surface area contributed by atoms with Crippen molar-refractivity contribution in [3.05, 3.63) is 23.0 Å². The van der Waals surface area contributed by atoms with Gasteiger partial charge in [0.15, 0.2) is 34.7 Å². The van der Waals surface area contributed by atoms with Crippen molar-refractivity contribution >= 4 is 40.6 Å². The lowest BCUT2D eigenvalue weighted by Crippen LogP contribution is -2.74. The van der Waals surface area contributed by atoms with Gasteiger partial charge in [-0.05, 0) is 45.7 Å². The molecule has 0 aromatic heterocycles. The molecule has 6 N–H and O–H groups in total. The van der Waals surface area contributed by atoms with Crippen molar-refractivity contribution in [2.75, 3.05) is 26.0 Å². The third kappa shape index (κ3) is 4.06. The normalized spacial score (nSPS) is 31.8. The van der Waals surface area contributed by atoms with E-state index in [1.54, 1.807) is 0 Å². The summed E-state index contributed by atoms with van der Waals surface area (Å²) in [7, 11) is 2.95. The molecule has 0 aliphatic heterocycles. The summed E-state index contributed by atoms with van der Waals surface area (Å²) in [6.45, 7) is -0.0940. The van der Waals surface area contributed by atoms with Gasteiger partial charge in [-0.2, -0.15) is 0 Å². The number of phenols is 1. The second-order valence-corrected chi connectivity index (χ2v) is 11.5. The second-order valence-electron chi connectivity index (χ2n) is 11.5. The molecule has 40 heavy (non-hydrogen) atoms. The van der Waals surface area contributed by atoms with Gasteiger partial charge in [0.25, 0.3) is 0 Å². The van der Waals surface area contributed by atoms with Crippen molar-refractivity contribution in [2.45, 2.75) is 49.8 Å². The van der Waals surface area contributed by atoms with E-state index in [9.17, 15) is 39.0 Å². The van der Waals surface area contributed by atoms with E-state index in [2.05, 4.69) is 10.6 Å². The molecule has 4 aliphatic carbocycles. The maximum Gasteiger partial charge on any atom is 0.238 e. The zero-order chi connectivity index (χ0) is 29.3. The Morgan fingerprint density at radius 2 is 1.85 bits per heavy atom. The fourth-order valence-corrected chi connectivity index (χ4v) is 6.77. The zero-order valence-electron chi connectivity index (χ0n) is 22.0. The summed E-state index contributed by atoms with van der Waals surface area (Å²) in [6, 6.07) is -0.146. The number of rotatable bonds is 6. The van der Waals surface area contributed by atoms with Gasteiger partial charge in [0.05, 0.1) is 29.8 Å². The standard InChI is InChI=1S/C27H31FN4O8/c1-32(2)20-13-7-10-6-12-14(28)8-15(31-16(33)9-30-11-4-3-5-11)21(34)18(12)22(35)17(10)24(37)27(13,40)25(38)19(23(20)36)26(29)39/h8,10-11,13,17,19-20,30,34,40H,3-7,9H2,1-2H3,(H2,29,39)(H,31,33)/t10-,13-,17?,19?,20-,27-/m0/s1. The highest BCUT2D eigenvalue weighted by Gasteiger charge is 2.69. The van der Waals surface area contributed by atoms with Crippen molar-refractivity contribution in [1.82, 2.24) is 10.2 Å². The van der Waals surface area contributed by atoms with Crippen molar-refractivity contribution in [3.8, 4) is 5.75 Å². The summed E-state index contributed by atoms with van der Waals surface area (Å²) >= 11 is 0. The highest BCUT2D eigenvalue weighted by Crippen LogP contribution is 2.51. The van der Waals surface area contributed by atoms with Crippen LogP contribution in [0.4, 0.5) is 10.1 Å². The van der Waals surface area contributed by atoms with Gasteiger partial charge < -0.3 is 26.6 Å². The molecule has 0 heterocycles. The van der Waals surface area contributed by atoms with E-state index < -0.39 is 87.4 Å². The molecule has 1 aromatic rings. The van der Waals surface area contributed by atoms with Gasteiger partial charge in [0.1, 0.15) is 11.6 Å². The van der Waals surface area contributed by atoms with Crippen LogP contribution in [0.2, 0.25) is 0 Å². The Morgan fingerprint density at radius 3 is 2.42 bits per heavy atom. The molecular formula is C27H31FN4O8. The minimum Gasteiger partial charge on any atom is -0.505 e. The smallest absolute Gasteiger partial charge is 0.238 e. The lowest BCUT2D eigenvalue weighted by Gasteiger charge is -2.52. The van der Waals surface area contributed by atoms with Crippen LogP contribution in [0, 0.1) is 29.5 Å². The Kier molecular flexibility index (Phi) is 6.87. The van der Waals surface area contributed by atoms with Crippen LogP contribution >= 0.6 is 0 Å². The number of primary amides is 1. The van der Waals surface area contributed by atoms with Gasteiger partial charge in [-0.25, -0.2) is 4.39 Å². The van der Waals surface area contributed by atoms with Crippen LogP contribution in [0.5, 0.6) is 5.75 Å². The quantitative estimate of drug-likeness (QED) is 0.215. The van der Waals surface area contributed by atoms with Crippen LogP contribution in [0.1, 0.15) is 41.6 Å². The second kappa shape index (κ2) is 9.82. The predicted molar refractivity (Wildman–Crippen MR) is 136 cm³/mol. The molecule has 5 rings (SSSR count). The van der Waals surface area contributed by atoms with Gasteiger partial charge in [-0.1, -0.05) is 6.42 Å². The third-order valence-electron chi connectivity index (χ3n) is 8.94. The molecule has 0 saturated heterocycles. The summed E-state index contributed by atoms with van der Waals surface area (Å²) in [5.41, 5.74) is 1.38. The monoisotopic (exact) mass is 558 g/mol. The third-order valence-corrected chi connectivity index (χ3v) is 8.94. The number of likely N-dealkylation sites (N-methyl/N-ethyl adjacent to an activating group) is 1. The van der Waals surface area contributed by atoms with E-state index in [-0.39, 0.29) is 36.7 Å².